The van der Waals surface area contributed by atoms with Crippen LogP contribution in [0.4, 0.5) is 0 Å². The standard InChI is InChI=1S/C20H22O2/c1-2-20(21,17-12-18-19(13-17)22-18)16-10-8-15(9-11-16)14-6-4-3-5-7-14/h3-11,17-19,21H,2,12-13H2,1H3/t17?,18-,19?,20-/m0/s1. The van der Waals surface area contributed by atoms with E-state index in [1.54, 1.807) is 0 Å². The minimum atomic E-state index is -0.716. The zero-order valence-electron chi connectivity index (χ0n) is 12.9. The zero-order valence-corrected chi connectivity index (χ0v) is 12.9. The smallest absolute Gasteiger partial charge is 0.0923 e. The molecular weight excluding hydrogens is 272 g/mol. The number of fused-ring (bicyclic) bond motifs is 1. The van der Waals surface area contributed by atoms with Gasteiger partial charge < -0.3 is 9.84 Å². The quantitative estimate of drug-likeness (QED) is 0.860. The predicted molar refractivity (Wildman–Crippen MR) is 87.5 cm³/mol. The van der Waals surface area contributed by atoms with E-state index in [0.717, 1.165) is 24.8 Å². The van der Waals surface area contributed by atoms with Crippen molar-refractivity contribution in [3.05, 3.63) is 60.2 Å². The minimum Gasteiger partial charge on any atom is -0.385 e. The average molecular weight is 294 g/mol. The summed E-state index contributed by atoms with van der Waals surface area (Å²) in [7, 11) is 0. The van der Waals surface area contributed by atoms with Gasteiger partial charge in [-0.2, -0.15) is 0 Å². The minimum absolute atomic E-state index is 0.323. The Kier molecular flexibility index (Phi) is 3.32. The molecule has 0 bridgehead atoms. The molecule has 2 unspecified atom stereocenters. The summed E-state index contributed by atoms with van der Waals surface area (Å²) in [6.07, 6.45) is 3.56. The molecule has 2 aliphatic rings. The first kappa shape index (κ1) is 14.0. The van der Waals surface area contributed by atoms with Crippen LogP contribution >= 0.6 is 0 Å². The SMILES string of the molecule is CC[C@](O)(c1ccc(-c2ccccc2)cc1)C1CC2O[C@H]2C1. The number of epoxide rings is 1. The Bertz CT molecular complexity index is 639. The van der Waals surface area contributed by atoms with E-state index in [1.807, 2.05) is 6.07 Å². The molecule has 2 fully saturated rings. The molecule has 4 rings (SSSR count). The van der Waals surface area contributed by atoms with Crippen LogP contribution in [0.5, 0.6) is 0 Å². The van der Waals surface area contributed by atoms with Gasteiger partial charge in [0, 0.05) is 0 Å². The topological polar surface area (TPSA) is 32.8 Å². The molecule has 1 saturated carbocycles. The second-order valence-corrected chi connectivity index (χ2v) is 6.60. The lowest BCUT2D eigenvalue weighted by Gasteiger charge is -2.34. The predicted octanol–water partition coefficient (Wildman–Crippen LogP) is 4.13. The van der Waals surface area contributed by atoms with Crippen LogP contribution < -0.4 is 0 Å². The van der Waals surface area contributed by atoms with E-state index in [2.05, 4.69) is 55.5 Å². The summed E-state index contributed by atoms with van der Waals surface area (Å²) in [6.45, 7) is 2.08. The van der Waals surface area contributed by atoms with Crippen LogP contribution in [0.25, 0.3) is 11.1 Å². The Hall–Kier alpha value is -1.64. The summed E-state index contributed by atoms with van der Waals surface area (Å²) in [6, 6.07) is 18.8. The lowest BCUT2D eigenvalue weighted by Crippen LogP contribution is -2.34. The highest BCUT2D eigenvalue weighted by Crippen LogP contribution is 2.50. The molecule has 2 nitrogen and oxygen atoms in total. The van der Waals surface area contributed by atoms with E-state index in [9.17, 15) is 5.11 Å². The summed E-state index contributed by atoms with van der Waals surface area (Å²) in [5, 5.41) is 11.2. The van der Waals surface area contributed by atoms with Crippen LogP contribution in [-0.4, -0.2) is 17.3 Å². The van der Waals surface area contributed by atoms with E-state index in [-0.39, 0.29) is 0 Å². The third-order valence-corrected chi connectivity index (χ3v) is 5.43. The Morgan fingerprint density at radius 1 is 0.955 bits per heavy atom. The van der Waals surface area contributed by atoms with Crippen molar-refractivity contribution in [2.75, 3.05) is 0 Å². The van der Waals surface area contributed by atoms with Crippen LogP contribution in [0.1, 0.15) is 31.7 Å². The lowest BCUT2D eigenvalue weighted by molar-refractivity contribution is -0.0379. The first-order chi connectivity index (χ1) is 10.7. The molecule has 1 heterocycles. The molecule has 0 spiro atoms. The van der Waals surface area contributed by atoms with E-state index in [4.69, 9.17) is 4.74 Å². The van der Waals surface area contributed by atoms with Gasteiger partial charge in [0.15, 0.2) is 0 Å². The van der Waals surface area contributed by atoms with Crippen molar-refractivity contribution in [2.45, 2.75) is 44.0 Å². The maximum Gasteiger partial charge on any atom is 0.0923 e. The molecule has 0 aromatic heterocycles. The monoisotopic (exact) mass is 294 g/mol. The maximum atomic E-state index is 11.2. The first-order valence-electron chi connectivity index (χ1n) is 8.24. The van der Waals surface area contributed by atoms with E-state index >= 15 is 0 Å². The van der Waals surface area contributed by atoms with Crippen LogP contribution in [0, 0.1) is 5.92 Å². The number of rotatable bonds is 4. The van der Waals surface area contributed by atoms with Gasteiger partial charge >= 0.3 is 0 Å². The van der Waals surface area contributed by atoms with Gasteiger partial charge in [0.2, 0.25) is 0 Å². The largest absolute Gasteiger partial charge is 0.385 e. The van der Waals surface area contributed by atoms with Gasteiger partial charge in [-0.15, -0.1) is 0 Å². The van der Waals surface area contributed by atoms with Crippen molar-refractivity contribution in [3.63, 3.8) is 0 Å². The van der Waals surface area contributed by atoms with Gasteiger partial charge in [0.1, 0.15) is 0 Å². The third kappa shape index (κ3) is 2.27. The number of benzene rings is 2. The molecule has 1 aliphatic heterocycles. The van der Waals surface area contributed by atoms with Crippen molar-refractivity contribution in [2.24, 2.45) is 5.92 Å². The average Bonchev–Trinajstić information content (AvgIpc) is 3.20. The molecule has 2 aromatic rings. The van der Waals surface area contributed by atoms with E-state index in [0.29, 0.717) is 18.1 Å². The van der Waals surface area contributed by atoms with Crippen molar-refractivity contribution in [1.29, 1.82) is 0 Å². The van der Waals surface area contributed by atoms with Gasteiger partial charge in [-0.05, 0) is 41.9 Å². The summed E-state index contributed by atoms with van der Waals surface area (Å²) in [5.41, 5.74) is 2.73. The zero-order chi connectivity index (χ0) is 15.2. The molecule has 0 radical (unpaired) electrons. The molecule has 1 saturated heterocycles. The number of aliphatic hydroxyl groups is 1. The molecule has 114 valence electrons. The van der Waals surface area contributed by atoms with Crippen LogP contribution in [0.2, 0.25) is 0 Å². The highest BCUT2D eigenvalue weighted by molar-refractivity contribution is 5.63. The van der Waals surface area contributed by atoms with E-state index < -0.39 is 5.60 Å². The fourth-order valence-corrected chi connectivity index (χ4v) is 3.95. The molecular formula is C20H22O2. The summed E-state index contributed by atoms with van der Waals surface area (Å²) < 4.78 is 5.52. The molecule has 2 heteroatoms. The summed E-state index contributed by atoms with van der Waals surface area (Å²) in [5.74, 6) is 0.323. The second-order valence-electron chi connectivity index (χ2n) is 6.60. The van der Waals surface area contributed by atoms with Crippen molar-refractivity contribution in [3.8, 4) is 11.1 Å². The maximum absolute atomic E-state index is 11.2. The Labute approximate surface area is 131 Å². The molecule has 4 atom stereocenters. The van der Waals surface area contributed by atoms with Gasteiger partial charge in [-0.25, -0.2) is 0 Å². The normalized spacial score (nSPS) is 28.9. The molecule has 0 amide bonds. The van der Waals surface area contributed by atoms with Gasteiger partial charge in [-0.1, -0.05) is 61.5 Å². The molecule has 1 aliphatic carbocycles. The van der Waals surface area contributed by atoms with Crippen molar-refractivity contribution in [1.82, 2.24) is 0 Å². The van der Waals surface area contributed by atoms with Gasteiger partial charge in [-0.3, -0.25) is 0 Å². The van der Waals surface area contributed by atoms with Gasteiger partial charge in [0.25, 0.3) is 0 Å². The van der Waals surface area contributed by atoms with Crippen molar-refractivity contribution >= 4 is 0 Å². The molecule has 22 heavy (non-hydrogen) atoms. The highest BCUT2D eigenvalue weighted by Gasteiger charge is 2.54. The fourth-order valence-electron chi connectivity index (χ4n) is 3.95. The van der Waals surface area contributed by atoms with Crippen LogP contribution in [-0.2, 0) is 10.3 Å². The highest BCUT2D eigenvalue weighted by atomic mass is 16.6. The van der Waals surface area contributed by atoms with Crippen molar-refractivity contribution < 1.29 is 9.84 Å². The molecule has 1 N–H and O–H groups in total. The van der Waals surface area contributed by atoms with Crippen LogP contribution in [0.3, 0.4) is 0 Å². The third-order valence-electron chi connectivity index (χ3n) is 5.43. The Morgan fingerprint density at radius 2 is 1.55 bits per heavy atom. The summed E-state index contributed by atoms with van der Waals surface area (Å²) >= 11 is 0. The summed E-state index contributed by atoms with van der Waals surface area (Å²) in [4.78, 5) is 0. The Balaban J connectivity index is 1.61. The first-order valence-corrected chi connectivity index (χ1v) is 8.24. The van der Waals surface area contributed by atoms with E-state index in [1.165, 1.54) is 11.1 Å². The number of hydrogen-bond acceptors (Lipinski definition) is 2. The number of hydrogen-bond donors (Lipinski definition) is 1. The van der Waals surface area contributed by atoms with Gasteiger partial charge in [0.05, 0.1) is 17.8 Å². The Morgan fingerprint density at radius 3 is 2.14 bits per heavy atom. The number of ether oxygens (including phenoxy) is 1. The lowest BCUT2D eigenvalue weighted by atomic mass is 9.77. The molecule has 2 aromatic carbocycles. The second kappa shape index (κ2) is 5.22. The van der Waals surface area contributed by atoms with Crippen LogP contribution in [0.15, 0.2) is 54.6 Å². The fraction of sp³-hybridized carbons (Fsp3) is 0.400.